The van der Waals surface area contributed by atoms with E-state index in [9.17, 15) is 4.79 Å². The maximum Gasteiger partial charge on any atom is 0.162 e. The second kappa shape index (κ2) is 3.65. The zero-order valence-electron chi connectivity index (χ0n) is 12.0. The van der Waals surface area contributed by atoms with E-state index in [1.807, 2.05) is 0 Å². The lowest BCUT2D eigenvalue weighted by molar-refractivity contribution is -0.123. The Morgan fingerprint density at radius 3 is 3.00 bits per heavy atom. The van der Waals surface area contributed by atoms with E-state index in [0.29, 0.717) is 11.7 Å². The van der Waals surface area contributed by atoms with E-state index in [1.165, 1.54) is 43.3 Å². The molecule has 3 atom stereocenters. The molecule has 2 nitrogen and oxygen atoms in total. The Labute approximate surface area is 120 Å². The zero-order chi connectivity index (χ0) is 13.4. The fourth-order valence-corrected chi connectivity index (χ4v) is 5.74. The van der Waals surface area contributed by atoms with Crippen LogP contribution in [0.25, 0.3) is 0 Å². The first-order chi connectivity index (χ1) is 9.74. The Morgan fingerprint density at radius 1 is 1.10 bits per heavy atom. The average Bonchev–Trinajstić information content (AvgIpc) is 3.06. The molecule has 20 heavy (non-hydrogen) atoms. The highest BCUT2D eigenvalue weighted by Crippen LogP contribution is 2.61. The lowest BCUT2D eigenvalue weighted by atomic mass is 9.72. The predicted molar refractivity (Wildman–Crippen MR) is 76.3 cm³/mol. The first kappa shape index (κ1) is 11.7. The van der Waals surface area contributed by atoms with Crippen LogP contribution < -0.4 is 0 Å². The van der Waals surface area contributed by atoms with Gasteiger partial charge in [-0.15, -0.1) is 0 Å². The van der Waals surface area contributed by atoms with E-state index < -0.39 is 0 Å². The van der Waals surface area contributed by atoms with Crippen molar-refractivity contribution < 1.29 is 9.53 Å². The minimum Gasteiger partial charge on any atom is -0.355 e. The molecule has 0 unspecified atom stereocenters. The number of hydrogen-bond donors (Lipinski definition) is 0. The van der Waals surface area contributed by atoms with E-state index in [1.54, 1.807) is 0 Å². The van der Waals surface area contributed by atoms with Crippen molar-refractivity contribution in [3.8, 4) is 0 Å². The largest absolute Gasteiger partial charge is 0.355 e. The molecule has 0 radical (unpaired) electrons. The highest BCUT2D eigenvalue weighted by atomic mass is 16.5. The van der Waals surface area contributed by atoms with E-state index in [4.69, 9.17) is 4.74 Å². The van der Waals surface area contributed by atoms with Gasteiger partial charge in [-0.1, -0.05) is 11.6 Å². The van der Waals surface area contributed by atoms with Gasteiger partial charge in [-0.3, -0.25) is 4.79 Å². The first-order valence-electron chi connectivity index (χ1n) is 8.42. The minimum absolute atomic E-state index is 0.00963. The molecule has 3 aliphatic carbocycles. The third-order valence-electron chi connectivity index (χ3n) is 6.52. The minimum atomic E-state index is -0.278. The molecule has 2 aliphatic heterocycles. The molecule has 2 bridgehead atoms. The Hall–Kier alpha value is -0.890. The summed E-state index contributed by atoms with van der Waals surface area (Å²) in [5.41, 5.74) is 3.77. The average molecular weight is 270 g/mol. The summed E-state index contributed by atoms with van der Waals surface area (Å²) in [6, 6.07) is 0. The quantitative estimate of drug-likeness (QED) is 0.625. The number of carbonyl (C=O) groups is 1. The Balaban J connectivity index is 1.75. The summed E-state index contributed by atoms with van der Waals surface area (Å²) >= 11 is 0. The highest BCUT2D eigenvalue weighted by Gasteiger charge is 2.60. The molecular weight excluding hydrogens is 248 g/mol. The standard InChI is InChI=1S/C18H22O2/c19-15-7-6-12-10-13-5-3-8-17(13)11-14-4-1-2-9-18(14,20-17)16(12)15/h11,13H,1-10H2/t13-,17+,18-/m0/s1. The summed E-state index contributed by atoms with van der Waals surface area (Å²) < 4.78 is 6.84. The molecule has 2 spiro atoms. The van der Waals surface area contributed by atoms with Crippen molar-refractivity contribution in [3.63, 3.8) is 0 Å². The summed E-state index contributed by atoms with van der Waals surface area (Å²) in [5, 5.41) is 0. The topological polar surface area (TPSA) is 26.3 Å². The van der Waals surface area contributed by atoms with Crippen LogP contribution in [0.5, 0.6) is 0 Å². The van der Waals surface area contributed by atoms with Gasteiger partial charge >= 0.3 is 0 Å². The molecule has 106 valence electrons. The van der Waals surface area contributed by atoms with Gasteiger partial charge in [0.05, 0.1) is 5.60 Å². The van der Waals surface area contributed by atoms with Crippen molar-refractivity contribution in [2.75, 3.05) is 0 Å². The van der Waals surface area contributed by atoms with Crippen molar-refractivity contribution in [1.82, 2.24) is 0 Å². The molecule has 2 heteroatoms. The molecule has 0 N–H and O–H groups in total. The van der Waals surface area contributed by atoms with Crippen molar-refractivity contribution >= 4 is 5.78 Å². The lowest BCUT2D eigenvalue weighted by Crippen LogP contribution is -2.42. The third kappa shape index (κ3) is 1.23. The number of carbonyl (C=O) groups excluding carboxylic acids is 1. The summed E-state index contributed by atoms with van der Waals surface area (Å²) in [5.74, 6) is 1.03. The fraction of sp³-hybridized carbons (Fsp3) is 0.722. The number of ketones is 1. The number of rotatable bonds is 0. The van der Waals surface area contributed by atoms with E-state index in [0.717, 1.165) is 37.7 Å². The van der Waals surface area contributed by atoms with Gasteiger partial charge in [-0.25, -0.2) is 0 Å². The number of Topliss-reactive ketones (excluding diaryl/α,β-unsaturated/α-hetero) is 1. The van der Waals surface area contributed by atoms with Crippen molar-refractivity contribution in [1.29, 1.82) is 0 Å². The number of hydrogen-bond acceptors (Lipinski definition) is 2. The van der Waals surface area contributed by atoms with Gasteiger partial charge in [-0.05, 0) is 69.3 Å². The van der Waals surface area contributed by atoms with Gasteiger partial charge in [0, 0.05) is 12.0 Å². The zero-order valence-corrected chi connectivity index (χ0v) is 12.0. The smallest absolute Gasteiger partial charge is 0.162 e. The molecular formula is C18H22O2. The SMILES string of the molecule is O=C1CCC2=C1[C@]13CCCCC1=C[C@@]1(CCC[C@H]1C2)O3. The van der Waals surface area contributed by atoms with Crippen LogP contribution in [-0.2, 0) is 9.53 Å². The Kier molecular flexibility index (Phi) is 2.14. The van der Waals surface area contributed by atoms with Gasteiger partial charge < -0.3 is 4.74 Å². The van der Waals surface area contributed by atoms with Crippen LogP contribution in [0.3, 0.4) is 0 Å². The van der Waals surface area contributed by atoms with Crippen LogP contribution in [0.2, 0.25) is 0 Å². The highest BCUT2D eigenvalue weighted by molar-refractivity contribution is 6.01. The Bertz CT molecular complexity index is 570. The monoisotopic (exact) mass is 270 g/mol. The lowest BCUT2D eigenvalue weighted by Gasteiger charge is -2.39. The molecule has 5 aliphatic rings. The van der Waals surface area contributed by atoms with Gasteiger partial charge in [0.15, 0.2) is 5.78 Å². The molecule has 0 aromatic heterocycles. The summed E-state index contributed by atoms with van der Waals surface area (Å²) in [6.07, 6.45) is 13.8. The van der Waals surface area contributed by atoms with E-state index in [2.05, 4.69) is 6.08 Å². The van der Waals surface area contributed by atoms with Crippen LogP contribution >= 0.6 is 0 Å². The molecule has 2 heterocycles. The molecule has 2 saturated carbocycles. The van der Waals surface area contributed by atoms with Crippen LogP contribution in [-0.4, -0.2) is 17.0 Å². The fourth-order valence-electron chi connectivity index (χ4n) is 5.74. The number of ether oxygens (including phenoxy) is 1. The van der Waals surface area contributed by atoms with Crippen LogP contribution in [0.15, 0.2) is 22.8 Å². The van der Waals surface area contributed by atoms with Crippen LogP contribution in [0.1, 0.15) is 64.2 Å². The molecule has 5 rings (SSSR count). The van der Waals surface area contributed by atoms with Crippen molar-refractivity contribution in [2.45, 2.75) is 75.4 Å². The first-order valence-corrected chi connectivity index (χ1v) is 8.42. The van der Waals surface area contributed by atoms with Crippen LogP contribution in [0, 0.1) is 5.92 Å². The maximum atomic E-state index is 12.6. The molecule has 2 fully saturated rings. The normalized spacial score (nSPS) is 45.9. The second-order valence-electron chi connectivity index (χ2n) is 7.46. The van der Waals surface area contributed by atoms with Gasteiger partial charge in [0.25, 0.3) is 0 Å². The van der Waals surface area contributed by atoms with Gasteiger partial charge in [0.1, 0.15) is 5.60 Å². The molecule has 0 aromatic rings. The summed E-state index contributed by atoms with van der Waals surface area (Å²) in [6.45, 7) is 0. The summed E-state index contributed by atoms with van der Waals surface area (Å²) in [7, 11) is 0. The predicted octanol–water partition coefficient (Wildman–Crippen LogP) is 3.86. The van der Waals surface area contributed by atoms with Crippen molar-refractivity contribution in [2.24, 2.45) is 5.92 Å². The molecule has 0 saturated heterocycles. The molecule has 0 amide bonds. The maximum absolute atomic E-state index is 12.6. The van der Waals surface area contributed by atoms with Gasteiger partial charge in [-0.2, -0.15) is 0 Å². The second-order valence-corrected chi connectivity index (χ2v) is 7.46. The Morgan fingerprint density at radius 2 is 2.05 bits per heavy atom. The third-order valence-corrected chi connectivity index (χ3v) is 6.52. The van der Waals surface area contributed by atoms with E-state index in [-0.39, 0.29) is 11.2 Å². The van der Waals surface area contributed by atoms with Gasteiger partial charge in [0.2, 0.25) is 0 Å². The van der Waals surface area contributed by atoms with E-state index >= 15 is 0 Å². The number of allylic oxidation sites excluding steroid dienone is 1. The van der Waals surface area contributed by atoms with Crippen LogP contribution in [0.4, 0.5) is 0 Å². The van der Waals surface area contributed by atoms with Crippen molar-refractivity contribution in [3.05, 3.63) is 22.8 Å². The summed E-state index contributed by atoms with van der Waals surface area (Å²) in [4.78, 5) is 12.6. The molecule has 0 aromatic carbocycles.